The number of carbonyl (C=O) groups excluding carboxylic acids is 4. The fourth-order valence-corrected chi connectivity index (χ4v) is 5.19. The van der Waals surface area contributed by atoms with Crippen molar-refractivity contribution in [3.8, 4) is 11.5 Å². The molecule has 0 aliphatic carbocycles. The first-order chi connectivity index (χ1) is 17.4. The van der Waals surface area contributed by atoms with Gasteiger partial charge < -0.3 is 14.2 Å². The molecule has 0 bridgehead atoms. The molecule has 0 aromatic heterocycles. The lowest BCUT2D eigenvalue weighted by Crippen LogP contribution is -2.46. The first kappa shape index (κ1) is 23.3. The number of carbonyl (C=O) groups is 4. The monoisotopic (exact) mass is 489 g/mol. The van der Waals surface area contributed by atoms with Crippen molar-refractivity contribution in [1.29, 1.82) is 0 Å². The van der Waals surface area contributed by atoms with Gasteiger partial charge >= 0.3 is 5.97 Å². The second kappa shape index (κ2) is 8.95. The van der Waals surface area contributed by atoms with E-state index in [2.05, 4.69) is 5.10 Å². The number of hydrogen-bond acceptors (Lipinski definition) is 9. The normalized spacial score (nSPS) is 24.0. The molecule has 0 saturated carbocycles. The Balaban J connectivity index is 1.58. The number of esters is 1. The molecule has 184 valence electrons. The molecule has 0 radical (unpaired) electrons. The number of nitrogens with zero attached hydrogens (tertiary/aromatic N) is 3. The van der Waals surface area contributed by atoms with Gasteiger partial charge in [-0.25, -0.2) is 9.69 Å². The van der Waals surface area contributed by atoms with Crippen molar-refractivity contribution in [2.24, 2.45) is 16.9 Å². The minimum absolute atomic E-state index is 0.0819. The molecule has 2 amide bonds. The molecule has 0 spiro atoms. The van der Waals surface area contributed by atoms with Crippen LogP contribution in [0, 0.1) is 11.8 Å². The van der Waals surface area contributed by atoms with E-state index in [9.17, 15) is 19.2 Å². The number of amides is 2. The Morgan fingerprint density at radius 2 is 1.64 bits per heavy atom. The van der Waals surface area contributed by atoms with Crippen LogP contribution in [0.25, 0.3) is 0 Å². The number of Topliss-reactive ketones (excluding diaryl/α,β-unsaturated/α-hetero) is 1. The highest BCUT2D eigenvalue weighted by Crippen LogP contribution is 2.47. The summed E-state index contributed by atoms with van der Waals surface area (Å²) in [5.41, 5.74) is 0.495. The molecule has 5 rings (SSSR count). The second-order valence-electron chi connectivity index (χ2n) is 8.47. The highest BCUT2D eigenvalue weighted by Gasteiger charge is 2.64. The van der Waals surface area contributed by atoms with Gasteiger partial charge in [-0.3, -0.25) is 19.4 Å². The molecule has 3 aliphatic heterocycles. The molecule has 4 atom stereocenters. The number of anilines is 1. The van der Waals surface area contributed by atoms with Gasteiger partial charge in [-0.1, -0.05) is 18.2 Å². The number of ether oxygens (including phenoxy) is 3. The van der Waals surface area contributed by atoms with E-state index in [1.807, 2.05) is 0 Å². The van der Waals surface area contributed by atoms with Gasteiger partial charge in [0.15, 0.2) is 17.3 Å². The van der Waals surface area contributed by atoms with Gasteiger partial charge in [-0.2, -0.15) is 5.10 Å². The number of hydrogen-bond donors (Lipinski definition) is 0. The summed E-state index contributed by atoms with van der Waals surface area (Å²) >= 11 is 0. The zero-order valence-corrected chi connectivity index (χ0v) is 19.8. The maximum absolute atomic E-state index is 13.8. The summed E-state index contributed by atoms with van der Waals surface area (Å²) < 4.78 is 15.4. The number of ketones is 1. The quantitative estimate of drug-likeness (QED) is 0.344. The van der Waals surface area contributed by atoms with Gasteiger partial charge in [-0.05, 0) is 36.4 Å². The van der Waals surface area contributed by atoms with Crippen LogP contribution in [0.2, 0.25) is 0 Å². The summed E-state index contributed by atoms with van der Waals surface area (Å²) in [6.45, 7) is 0. The maximum Gasteiger partial charge on any atom is 0.339 e. The van der Waals surface area contributed by atoms with Crippen molar-refractivity contribution in [2.75, 3.05) is 26.2 Å². The molecule has 2 aromatic carbocycles. The van der Waals surface area contributed by atoms with E-state index in [4.69, 9.17) is 14.2 Å². The van der Waals surface area contributed by atoms with Gasteiger partial charge in [0.2, 0.25) is 11.8 Å². The maximum atomic E-state index is 13.8. The minimum Gasteiger partial charge on any atom is -0.493 e. The van der Waals surface area contributed by atoms with Crippen LogP contribution in [-0.2, 0) is 14.3 Å². The summed E-state index contributed by atoms with van der Waals surface area (Å²) in [6.07, 6.45) is 4.96. The Morgan fingerprint density at radius 1 is 0.917 bits per heavy atom. The van der Waals surface area contributed by atoms with Crippen molar-refractivity contribution >= 4 is 35.5 Å². The van der Waals surface area contributed by atoms with E-state index in [0.29, 0.717) is 11.5 Å². The van der Waals surface area contributed by atoms with Gasteiger partial charge in [0.05, 0.1) is 50.5 Å². The average Bonchev–Trinajstić information content (AvgIpc) is 3.39. The molecule has 0 unspecified atom stereocenters. The highest BCUT2D eigenvalue weighted by atomic mass is 16.5. The van der Waals surface area contributed by atoms with Crippen LogP contribution in [0.1, 0.15) is 20.7 Å². The van der Waals surface area contributed by atoms with Crippen LogP contribution >= 0.6 is 0 Å². The average molecular weight is 489 g/mol. The number of hydrazone groups is 1. The Hall–Kier alpha value is -4.47. The van der Waals surface area contributed by atoms with E-state index in [1.165, 1.54) is 44.7 Å². The smallest absolute Gasteiger partial charge is 0.339 e. The van der Waals surface area contributed by atoms with Gasteiger partial charge in [-0.15, -0.1) is 0 Å². The highest BCUT2D eigenvalue weighted by molar-refractivity contribution is 6.26. The summed E-state index contributed by atoms with van der Waals surface area (Å²) in [7, 11) is 4.18. The minimum atomic E-state index is -1.04. The number of benzene rings is 2. The SMILES string of the molecule is COC(=O)c1ccccc1N1C(=O)[C@@H]2[C@H](C1=O)[C@H](C(=O)c1ccc(OC)c(OC)c1)N1N=CC=C[C@H]21. The lowest BCUT2D eigenvalue weighted by atomic mass is 9.86. The zero-order chi connectivity index (χ0) is 25.6. The van der Waals surface area contributed by atoms with Crippen molar-refractivity contribution in [3.63, 3.8) is 0 Å². The summed E-state index contributed by atoms with van der Waals surface area (Å²) in [6, 6.07) is 9.34. The molecule has 0 N–H and O–H groups in total. The van der Waals surface area contributed by atoms with Gasteiger partial charge in [0.25, 0.3) is 0 Å². The number of fused-ring (bicyclic) bond motifs is 3. The van der Waals surface area contributed by atoms with E-state index in [0.717, 1.165) is 4.90 Å². The molecule has 2 aromatic rings. The van der Waals surface area contributed by atoms with E-state index < -0.39 is 41.7 Å². The van der Waals surface area contributed by atoms with Gasteiger partial charge in [0.1, 0.15) is 6.04 Å². The predicted octanol–water partition coefficient (Wildman–Crippen LogP) is 2.09. The number of rotatable bonds is 6. The second-order valence-corrected chi connectivity index (χ2v) is 8.47. The molecule has 3 aliphatic rings. The van der Waals surface area contributed by atoms with Crippen molar-refractivity contribution in [1.82, 2.24) is 5.01 Å². The molecule has 10 heteroatoms. The Bertz CT molecular complexity index is 1330. The van der Waals surface area contributed by atoms with Crippen LogP contribution in [0.3, 0.4) is 0 Å². The van der Waals surface area contributed by atoms with E-state index in [-0.39, 0.29) is 22.6 Å². The van der Waals surface area contributed by atoms with E-state index in [1.54, 1.807) is 42.5 Å². The standard InChI is InChI=1S/C26H23N3O7/c1-34-18-11-10-14(13-19(18)35-2)23(30)22-21-20(17-9-6-12-27-29(17)22)24(31)28(25(21)32)16-8-5-4-7-15(16)26(33)36-3/h4-13,17,20-22H,1-3H3/t17-,20+,21+,22-/m1/s1. The Labute approximate surface area is 206 Å². The van der Waals surface area contributed by atoms with Crippen LogP contribution < -0.4 is 14.4 Å². The lowest BCUT2D eigenvalue weighted by Gasteiger charge is -2.30. The molecular formula is C26H23N3O7. The zero-order valence-electron chi connectivity index (χ0n) is 19.8. The molecule has 36 heavy (non-hydrogen) atoms. The van der Waals surface area contributed by atoms with Crippen molar-refractivity contribution in [2.45, 2.75) is 12.1 Å². The van der Waals surface area contributed by atoms with Crippen molar-refractivity contribution in [3.05, 3.63) is 65.7 Å². The first-order valence-electron chi connectivity index (χ1n) is 11.2. The molecule has 2 fully saturated rings. The number of methoxy groups -OCH3 is 3. The fourth-order valence-electron chi connectivity index (χ4n) is 5.19. The third-order valence-corrected chi connectivity index (χ3v) is 6.78. The Kier molecular flexibility index (Phi) is 5.79. The third-order valence-electron chi connectivity index (χ3n) is 6.78. The fraction of sp³-hybridized carbons (Fsp3) is 0.269. The Morgan fingerprint density at radius 3 is 2.36 bits per heavy atom. The lowest BCUT2D eigenvalue weighted by molar-refractivity contribution is -0.123. The van der Waals surface area contributed by atoms with Crippen LogP contribution in [0.4, 0.5) is 5.69 Å². The predicted molar refractivity (Wildman–Crippen MR) is 128 cm³/mol. The number of allylic oxidation sites excluding steroid dienone is 1. The first-order valence-corrected chi connectivity index (χ1v) is 11.2. The van der Waals surface area contributed by atoms with Crippen LogP contribution in [0.5, 0.6) is 11.5 Å². The number of para-hydroxylation sites is 1. The van der Waals surface area contributed by atoms with Crippen LogP contribution in [0.15, 0.2) is 59.7 Å². The topological polar surface area (TPSA) is 115 Å². The summed E-state index contributed by atoms with van der Waals surface area (Å²) in [5.74, 6) is -3.18. The molecule has 3 heterocycles. The summed E-state index contributed by atoms with van der Waals surface area (Å²) in [4.78, 5) is 54.7. The largest absolute Gasteiger partial charge is 0.493 e. The molecular weight excluding hydrogens is 466 g/mol. The molecule has 2 saturated heterocycles. The number of imide groups is 1. The van der Waals surface area contributed by atoms with Crippen LogP contribution in [-0.4, -0.2) is 68.2 Å². The van der Waals surface area contributed by atoms with E-state index >= 15 is 0 Å². The molecule has 10 nitrogen and oxygen atoms in total. The van der Waals surface area contributed by atoms with Gasteiger partial charge in [0, 0.05) is 11.8 Å². The third kappa shape index (κ3) is 3.36. The summed E-state index contributed by atoms with van der Waals surface area (Å²) in [5, 5.41) is 5.87. The van der Waals surface area contributed by atoms with Crippen molar-refractivity contribution < 1.29 is 33.4 Å².